The topological polar surface area (TPSA) is 67.7 Å². The Morgan fingerprint density at radius 2 is 2.13 bits per heavy atom. The zero-order valence-electron chi connectivity index (χ0n) is 8.00. The summed E-state index contributed by atoms with van der Waals surface area (Å²) in [6.07, 6.45) is 3.01. The Kier molecular flexibility index (Phi) is 2.73. The van der Waals surface area contributed by atoms with Gasteiger partial charge in [0.05, 0.1) is 0 Å². The van der Waals surface area contributed by atoms with Gasteiger partial charge in [-0.05, 0) is 12.1 Å². The molecule has 15 heavy (non-hydrogen) atoms. The van der Waals surface area contributed by atoms with Crippen molar-refractivity contribution in [3.63, 3.8) is 0 Å². The van der Waals surface area contributed by atoms with E-state index in [0.29, 0.717) is 12.3 Å². The van der Waals surface area contributed by atoms with Crippen LogP contribution in [-0.2, 0) is 6.54 Å². The van der Waals surface area contributed by atoms with Crippen LogP contribution in [-0.4, -0.2) is 20.5 Å². The van der Waals surface area contributed by atoms with E-state index in [1.807, 2.05) is 35.5 Å². The van der Waals surface area contributed by atoms with Crippen LogP contribution in [0.3, 0.4) is 0 Å². The van der Waals surface area contributed by atoms with Crippen molar-refractivity contribution < 1.29 is 5.16 Å². The van der Waals surface area contributed by atoms with Gasteiger partial charge < -0.3 is 5.21 Å². The third kappa shape index (κ3) is 2.19. The molecule has 5 nitrogen and oxygen atoms in total. The zero-order chi connectivity index (χ0) is 10.5. The minimum Gasteiger partial charge on any atom is -0.625 e. The van der Waals surface area contributed by atoms with Crippen LogP contribution in [0.2, 0.25) is 0 Å². The highest BCUT2D eigenvalue weighted by Crippen LogP contribution is 1.99. The molecule has 0 amide bonds. The fourth-order valence-corrected chi connectivity index (χ4v) is 1.30. The second-order valence-electron chi connectivity index (χ2n) is 3.04. The highest BCUT2D eigenvalue weighted by Gasteiger charge is 2.08. The fourth-order valence-electron chi connectivity index (χ4n) is 1.30. The number of nitrogens with one attached hydrogen (secondary N) is 1. The van der Waals surface area contributed by atoms with Crippen molar-refractivity contribution in [2.75, 3.05) is 0 Å². The molecule has 0 saturated carbocycles. The summed E-state index contributed by atoms with van der Waals surface area (Å²) in [4.78, 5) is 3.81. The summed E-state index contributed by atoms with van der Waals surface area (Å²) in [7, 11) is 0. The number of nitrogens with zero attached hydrogens (tertiary/aromatic N) is 3. The van der Waals surface area contributed by atoms with Crippen LogP contribution in [0.25, 0.3) is 0 Å². The van der Waals surface area contributed by atoms with Gasteiger partial charge in [0.2, 0.25) is 5.71 Å². The molecule has 0 bridgehead atoms. The first-order valence-electron chi connectivity index (χ1n) is 4.52. The maximum Gasteiger partial charge on any atom is 0.214 e. The van der Waals surface area contributed by atoms with E-state index < -0.39 is 0 Å². The molecule has 0 saturated heterocycles. The minimum atomic E-state index is 0.396. The predicted molar refractivity (Wildman–Crippen MR) is 54.9 cm³/mol. The van der Waals surface area contributed by atoms with E-state index in [0.717, 1.165) is 5.56 Å². The summed E-state index contributed by atoms with van der Waals surface area (Å²) in [6, 6.07) is 9.41. The van der Waals surface area contributed by atoms with Crippen molar-refractivity contribution in [2.24, 2.45) is 0 Å². The summed E-state index contributed by atoms with van der Waals surface area (Å²) in [5.41, 5.74) is 1.43. The Hall–Kier alpha value is -2.17. The molecule has 0 aliphatic heterocycles. The first-order valence-corrected chi connectivity index (χ1v) is 4.52. The second-order valence-corrected chi connectivity index (χ2v) is 3.04. The second kappa shape index (κ2) is 4.36. The molecule has 2 aromatic rings. The molecule has 2 rings (SSSR count). The Balaban J connectivity index is 2.20. The highest BCUT2D eigenvalue weighted by molar-refractivity contribution is 5.95. The predicted octanol–water partition coefficient (Wildman–Crippen LogP) is -0.654. The quantitative estimate of drug-likeness (QED) is 0.408. The molecule has 0 radical (unpaired) electrons. The molecule has 1 aromatic carbocycles. The van der Waals surface area contributed by atoms with E-state index in [1.165, 1.54) is 6.33 Å². The van der Waals surface area contributed by atoms with E-state index in [9.17, 15) is 5.21 Å². The van der Waals surface area contributed by atoms with Gasteiger partial charge in [-0.3, -0.25) is 0 Å². The number of benzene rings is 1. The maximum atomic E-state index is 10.8. The van der Waals surface area contributed by atoms with Gasteiger partial charge in [-0.1, -0.05) is 18.2 Å². The third-order valence-corrected chi connectivity index (χ3v) is 2.03. The molecular weight excluding hydrogens is 192 g/mol. The fraction of sp³-hybridized carbons (Fsp3) is 0.100. The van der Waals surface area contributed by atoms with Gasteiger partial charge in [-0.25, -0.2) is 14.8 Å². The van der Waals surface area contributed by atoms with E-state index in [4.69, 9.17) is 0 Å². The lowest BCUT2D eigenvalue weighted by Crippen LogP contribution is -2.66. The summed E-state index contributed by atoms with van der Waals surface area (Å²) >= 11 is 0. The van der Waals surface area contributed by atoms with Crippen LogP contribution in [0.5, 0.6) is 0 Å². The third-order valence-electron chi connectivity index (χ3n) is 2.03. The van der Waals surface area contributed by atoms with E-state index in [1.54, 1.807) is 11.0 Å². The van der Waals surface area contributed by atoms with Crippen LogP contribution in [0.15, 0.2) is 43.0 Å². The molecule has 1 heterocycles. The Bertz CT molecular complexity index is 436. The highest BCUT2D eigenvalue weighted by atomic mass is 16.4. The molecule has 1 N–H and O–H groups in total. The van der Waals surface area contributed by atoms with Crippen molar-refractivity contribution in [1.82, 2.24) is 14.8 Å². The van der Waals surface area contributed by atoms with Gasteiger partial charge in [-0.15, -0.1) is 0 Å². The normalized spacial score (nSPS) is 11.6. The van der Waals surface area contributed by atoms with Crippen molar-refractivity contribution in [3.8, 4) is 0 Å². The summed E-state index contributed by atoms with van der Waals surface area (Å²) < 4.78 is 1.59. The van der Waals surface area contributed by atoms with Crippen LogP contribution in [0.4, 0.5) is 0 Å². The van der Waals surface area contributed by atoms with Crippen molar-refractivity contribution >= 4 is 5.71 Å². The SMILES string of the molecule is [O-]/[NH+]=C(\Cn1cncn1)c1ccccc1. The summed E-state index contributed by atoms with van der Waals surface area (Å²) in [5, 5.41) is 16.7. The van der Waals surface area contributed by atoms with E-state index in [-0.39, 0.29) is 0 Å². The molecule has 1 aromatic heterocycles. The Labute approximate surface area is 86.7 Å². The molecule has 5 heteroatoms. The largest absolute Gasteiger partial charge is 0.625 e. The molecule has 0 fully saturated rings. The number of aromatic nitrogens is 3. The lowest BCUT2D eigenvalue weighted by molar-refractivity contribution is -0.374. The average molecular weight is 202 g/mol. The van der Waals surface area contributed by atoms with Gasteiger partial charge in [-0.2, -0.15) is 5.10 Å². The minimum absolute atomic E-state index is 0.396. The molecule has 0 atom stereocenters. The van der Waals surface area contributed by atoms with Crippen molar-refractivity contribution in [1.29, 1.82) is 0 Å². The van der Waals surface area contributed by atoms with E-state index in [2.05, 4.69) is 10.1 Å². The molecule has 0 aliphatic rings. The van der Waals surface area contributed by atoms with Crippen molar-refractivity contribution in [3.05, 3.63) is 53.8 Å². The first kappa shape index (κ1) is 9.39. The maximum absolute atomic E-state index is 10.8. The molecule has 0 spiro atoms. The number of hydrogen-bond donors (Lipinski definition) is 1. The Morgan fingerprint density at radius 3 is 2.73 bits per heavy atom. The molecule has 0 aliphatic carbocycles. The zero-order valence-corrected chi connectivity index (χ0v) is 8.00. The van der Waals surface area contributed by atoms with Gasteiger partial charge in [0.15, 0.2) is 0 Å². The smallest absolute Gasteiger partial charge is 0.214 e. The van der Waals surface area contributed by atoms with Crippen LogP contribution in [0, 0.1) is 5.21 Å². The van der Waals surface area contributed by atoms with Gasteiger partial charge in [0.25, 0.3) is 0 Å². The number of hydrogen-bond acceptors (Lipinski definition) is 3. The van der Waals surface area contributed by atoms with Gasteiger partial charge in [0.1, 0.15) is 19.2 Å². The van der Waals surface area contributed by atoms with Crippen LogP contribution in [0.1, 0.15) is 5.56 Å². The first-order chi connectivity index (χ1) is 7.40. The molecule has 0 unspecified atom stereocenters. The van der Waals surface area contributed by atoms with E-state index >= 15 is 0 Å². The summed E-state index contributed by atoms with van der Waals surface area (Å²) in [6.45, 7) is 0.396. The molecule has 76 valence electrons. The van der Waals surface area contributed by atoms with Crippen molar-refractivity contribution in [2.45, 2.75) is 6.54 Å². The van der Waals surface area contributed by atoms with Gasteiger partial charge >= 0.3 is 0 Å². The van der Waals surface area contributed by atoms with Crippen LogP contribution >= 0.6 is 0 Å². The monoisotopic (exact) mass is 202 g/mol. The standard InChI is InChI=1S/C10H10N4O/c15-13-10(6-14-8-11-7-12-14)9-4-2-1-3-5-9/h1-5,7-8,13H,6H2/b13-10+. The molecular formula is C10H10N4O. The average Bonchev–Trinajstić information content (AvgIpc) is 2.80. The van der Waals surface area contributed by atoms with Gasteiger partial charge in [0, 0.05) is 5.56 Å². The Morgan fingerprint density at radius 1 is 1.33 bits per heavy atom. The lowest BCUT2D eigenvalue weighted by Gasteiger charge is -2.01. The summed E-state index contributed by atoms with van der Waals surface area (Å²) in [5.74, 6) is 0. The van der Waals surface area contributed by atoms with Crippen LogP contribution < -0.4 is 5.16 Å². The number of rotatable bonds is 3. The lowest BCUT2D eigenvalue weighted by atomic mass is 10.1.